The Morgan fingerprint density at radius 2 is 1.11 bits per heavy atom. The van der Waals surface area contributed by atoms with Gasteiger partial charge in [-0.25, -0.2) is 30.2 Å². The van der Waals surface area contributed by atoms with Crippen molar-refractivity contribution < 1.29 is 38.3 Å². The maximum atomic E-state index is 12.1. The fourth-order valence-corrected chi connectivity index (χ4v) is 2.54. The second-order valence-corrected chi connectivity index (χ2v) is 6.13. The predicted octanol–water partition coefficient (Wildman–Crippen LogP) is 1.04. The van der Waals surface area contributed by atoms with E-state index in [2.05, 4.69) is 24.1 Å². The lowest BCUT2D eigenvalue weighted by atomic mass is 9.81. The van der Waals surface area contributed by atoms with Crippen molar-refractivity contribution in [3.05, 3.63) is 25.3 Å². The Labute approximate surface area is 163 Å². The molecule has 156 valence electrons. The lowest BCUT2D eigenvalue weighted by Gasteiger charge is -2.27. The third-order valence-corrected chi connectivity index (χ3v) is 4.02. The number of nitrogens with one attached hydrogen (secondary N) is 2. The minimum atomic E-state index is -0.953. The van der Waals surface area contributed by atoms with Gasteiger partial charge in [-0.15, -0.1) is 0 Å². The van der Waals surface area contributed by atoms with E-state index >= 15 is 0 Å². The number of rotatable bonds is 10. The van der Waals surface area contributed by atoms with Crippen molar-refractivity contribution in [1.29, 1.82) is 0 Å². The average molecular weight is 398 g/mol. The largest absolute Gasteiger partial charge is 0.431 e. The first-order chi connectivity index (χ1) is 13.3. The molecule has 2 amide bonds. The van der Waals surface area contributed by atoms with Gasteiger partial charge in [0.25, 0.3) is 0 Å². The van der Waals surface area contributed by atoms with Crippen LogP contribution in [0.15, 0.2) is 25.3 Å². The van der Waals surface area contributed by atoms with Gasteiger partial charge in [-0.1, -0.05) is 13.2 Å². The Morgan fingerprint density at radius 1 is 0.786 bits per heavy atom. The van der Waals surface area contributed by atoms with Crippen LogP contribution in [0.25, 0.3) is 0 Å². The van der Waals surface area contributed by atoms with Gasteiger partial charge in [0.1, 0.15) is 0 Å². The molecule has 1 saturated carbocycles. The topological polar surface area (TPSA) is 129 Å². The molecule has 2 atom stereocenters. The summed E-state index contributed by atoms with van der Waals surface area (Å²) in [4.78, 5) is 56.2. The van der Waals surface area contributed by atoms with Crippen LogP contribution in [0.5, 0.6) is 0 Å². The van der Waals surface area contributed by atoms with E-state index in [9.17, 15) is 19.2 Å². The van der Waals surface area contributed by atoms with Crippen LogP contribution >= 0.6 is 0 Å². The fourth-order valence-electron chi connectivity index (χ4n) is 2.54. The number of ether oxygens (including phenoxy) is 2. The smallest absolute Gasteiger partial charge is 0.332 e. The van der Waals surface area contributed by atoms with E-state index in [1.54, 1.807) is 0 Å². The predicted molar refractivity (Wildman–Crippen MR) is 95.4 cm³/mol. The number of carbonyl (C=O) groups excluding carboxylic acids is 4. The Morgan fingerprint density at radius 3 is 1.39 bits per heavy atom. The van der Waals surface area contributed by atoms with Gasteiger partial charge in [0.15, 0.2) is 0 Å². The summed E-state index contributed by atoms with van der Waals surface area (Å²) in [6, 6.07) is 0. The quantitative estimate of drug-likeness (QED) is 0.242. The third-order valence-electron chi connectivity index (χ3n) is 4.02. The van der Waals surface area contributed by atoms with Crippen LogP contribution in [0, 0.1) is 11.8 Å². The lowest BCUT2D eigenvalue weighted by Crippen LogP contribution is -2.40. The number of hydrogen-bond acceptors (Lipinski definition) is 8. The van der Waals surface area contributed by atoms with E-state index in [4.69, 9.17) is 19.1 Å². The molecule has 2 unspecified atom stereocenters. The zero-order valence-electron chi connectivity index (χ0n) is 16.0. The van der Waals surface area contributed by atoms with Crippen LogP contribution in [0.1, 0.15) is 39.5 Å². The molecule has 0 bridgehead atoms. The molecule has 0 spiro atoms. The molecule has 1 aliphatic rings. The monoisotopic (exact) mass is 398 g/mol. The molecule has 0 aromatic rings. The molecular formula is C18H26N2O8. The minimum absolute atomic E-state index is 0.320. The van der Waals surface area contributed by atoms with Gasteiger partial charge >= 0.3 is 11.9 Å². The zero-order valence-corrected chi connectivity index (χ0v) is 16.0. The molecule has 0 heterocycles. The van der Waals surface area contributed by atoms with Gasteiger partial charge in [-0.05, 0) is 25.7 Å². The highest BCUT2D eigenvalue weighted by Crippen LogP contribution is 2.29. The molecule has 2 N–H and O–H groups in total. The van der Waals surface area contributed by atoms with Gasteiger partial charge in [0.05, 0.1) is 0 Å². The normalized spacial score (nSPS) is 20.8. The number of esters is 2. The first-order valence-electron chi connectivity index (χ1n) is 8.83. The molecule has 0 saturated heterocycles. The van der Waals surface area contributed by atoms with Crippen molar-refractivity contribution in [2.75, 3.05) is 0 Å². The fraction of sp³-hybridized carbons (Fsp3) is 0.556. The van der Waals surface area contributed by atoms with Crippen molar-refractivity contribution in [2.24, 2.45) is 11.8 Å². The first kappa shape index (κ1) is 23.3. The van der Waals surface area contributed by atoms with E-state index in [0.717, 1.165) is 12.2 Å². The van der Waals surface area contributed by atoms with E-state index in [0.29, 0.717) is 25.7 Å². The summed E-state index contributed by atoms with van der Waals surface area (Å²) >= 11 is 0. The van der Waals surface area contributed by atoms with Crippen molar-refractivity contribution in [3.63, 3.8) is 0 Å². The Kier molecular flexibility index (Phi) is 9.89. The van der Waals surface area contributed by atoms with Crippen LogP contribution in [0.2, 0.25) is 0 Å². The van der Waals surface area contributed by atoms with Crippen molar-refractivity contribution in [2.45, 2.75) is 52.1 Å². The Bertz CT molecular complexity index is 546. The van der Waals surface area contributed by atoms with Crippen LogP contribution < -0.4 is 11.0 Å². The summed E-state index contributed by atoms with van der Waals surface area (Å²) in [7, 11) is 0. The molecule has 28 heavy (non-hydrogen) atoms. The summed E-state index contributed by atoms with van der Waals surface area (Å²) in [6.45, 7) is 9.43. The molecule has 0 radical (unpaired) electrons. The zero-order chi connectivity index (χ0) is 21.1. The number of amides is 2. The molecule has 1 fully saturated rings. The molecule has 1 rings (SSSR count). The van der Waals surface area contributed by atoms with E-state index in [1.165, 1.54) is 13.8 Å². The van der Waals surface area contributed by atoms with Gasteiger partial charge in [-0.2, -0.15) is 0 Å². The SMILES string of the molecule is C=CC(=O)OC(C)ONC(=O)C1CCC(C(=O)NOC(C)OC(=O)C=C)CC1. The summed E-state index contributed by atoms with van der Waals surface area (Å²) in [6.07, 6.45) is 2.00. The molecule has 0 aromatic heterocycles. The molecule has 1 aliphatic carbocycles. The Balaban J connectivity index is 2.29. The minimum Gasteiger partial charge on any atom is -0.431 e. The van der Waals surface area contributed by atoms with Gasteiger partial charge in [0.2, 0.25) is 24.4 Å². The van der Waals surface area contributed by atoms with Gasteiger partial charge in [0, 0.05) is 37.8 Å². The second-order valence-electron chi connectivity index (χ2n) is 6.13. The van der Waals surface area contributed by atoms with Crippen LogP contribution in [-0.2, 0) is 38.3 Å². The summed E-state index contributed by atoms with van der Waals surface area (Å²) < 4.78 is 9.53. The summed E-state index contributed by atoms with van der Waals surface area (Å²) in [5.41, 5.74) is 4.51. The number of hydroxylamine groups is 2. The molecule has 0 aliphatic heterocycles. The lowest BCUT2D eigenvalue weighted by molar-refractivity contribution is -0.191. The van der Waals surface area contributed by atoms with E-state index in [-0.39, 0.29) is 23.7 Å². The Hall–Kier alpha value is -2.72. The van der Waals surface area contributed by atoms with Crippen LogP contribution in [0.3, 0.4) is 0 Å². The number of carbonyl (C=O) groups is 4. The van der Waals surface area contributed by atoms with Crippen LogP contribution in [0.4, 0.5) is 0 Å². The summed E-state index contributed by atoms with van der Waals surface area (Å²) in [5, 5.41) is 0. The highest BCUT2D eigenvalue weighted by molar-refractivity contribution is 5.82. The first-order valence-corrected chi connectivity index (χ1v) is 8.83. The highest BCUT2D eigenvalue weighted by atomic mass is 16.8. The van der Waals surface area contributed by atoms with E-state index in [1.807, 2.05) is 0 Å². The maximum absolute atomic E-state index is 12.1. The van der Waals surface area contributed by atoms with Crippen molar-refractivity contribution in [3.8, 4) is 0 Å². The van der Waals surface area contributed by atoms with Crippen molar-refractivity contribution >= 4 is 23.8 Å². The highest BCUT2D eigenvalue weighted by Gasteiger charge is 2.30. The second kappa shape index (κ2) is 11.9. The molecular weight excluding hydrogens is 372 g/mol. The van der Waals surface area contributed by atoms with Crippen LogP contribution in [-0.4, -0.2) is 36.3 Å². The van der Waals surface area contributed by atoms with Crippen molar-refractivity contribution in [1.82, 2.24) is 11.0 Å². The molecule has 10 nitrogen and oxygen atoms in total. The maximum Gasteiger partial charge on any atom is 0.332 e. The molecule has 0 aromatic carbocycles. The third kappa shape index (κ3) is 8.31. The summed E-state index contributed by atoms with van der Waals surface area (Å²) in [5.74, 6) is -2.66. The standard InChI is InChI=1S/C18H26N2O8/c1-5-15(21)25-11(3)27-19-17(23)13-7-9-14(10-8-13)18(24)20-28-12(4)26-16(22)6-2/h5-6,11-14H,1-2,7-10H2,3-4H3,(H,19,23)(H,20,24). The van der Waals surface area contributed by atoms with Gasteiger partial charge < -0.3 is 9.47 Å². The van der Waals surface area contributed by atoms with Gasteiger partial charge in [-0.3, -0.25) is 9.59 Å². The number of hydrogen-bond donors (Lipinski definition) is 2. The average Bonchev–Trinajstić information content (AvgIpc) is 2.69. The molecule has 10 heteroatoms. The van der Waals surface area contributed by atoms with E-state index < -0.39 is 24.5 Å².